The van der Waals surface area contributed by atoms with Gasteiger partial charge in [0.2, 0.25) is 0 Å². The van der Waals surface area contributed by atoms with Gasteiger partial charge in [-0.25, -0.2) is 4.39 Å². The van der Waals surface area contributed by atoms with Crippen LogP contribution in [-0.4, -0.2) is 29.6 Å². The minimum Gasteiger partial charge on any atom is -0.311 e. The number of hydrogen-bond acceptors (Lipinski definition) is 2. The van der Waals surface area contributed by atoms with Gasteiger partial charge < -0.3 is 5.32 Å². The van der Waals surface area contributed by atoms with Crippen LogP contribution in [0.3, 0.4) is 0 Å². The molecule has 1 N–H and O–H groups in total. The summed E-state index contributed by atoms with van der Waals surface area (Å²) in [6, 6.07) is 7.60. The summed E-state index contributed by atoms with van der Waals surface area (Å²) in [5.41, 5.74) is 0.970. The lowest BCUT2D eigenvalue weighted by molar-refractivity contribution is 0.0270. The van der Waals surface area contributed by atoms with Crippen molar-refractivity contribution in [3.05, 3.63) is 35.6 Å². The molecule has 1 aliphatic heterocycles. The lowest BCUT2D eigenvalue weighted by atomic mass is 9.87. The zero-order chi connectivity index (χ0) is 13.9. The van der Waals surface area contributed by atoms with Gasteiger partial charge in [0.25, 0.3) is 0 Å². The molecule has 2 nitrogen and oxygen atoms in total. The Morgan fingerprint density at radius 1 is 1.32 bits per heavy atom. The highest BCUT2D eigenvalue weighted by molar-refractivity contribution is 5.18. The zero-order valence-corrected chi connectivity index (χ0v) is 12.2. The number of nitrogens with one attached hydrogen (secondary N) is 1. The molecule has 2 rings (SSSR count). The van der Waals surface area contributed by atoms with Crippen LogP contribution in [0.5, 0.6) is 0 Å². The van der Waals surface area contributed by atoms with Gasteiger partial charge in [0.1, 0.15) is 5.82 Å². The molecule has 0 saturated carbocycles. The molecular formula is C16H25FN2. The third kappa shape index (κ3) is 2.98. The Balaban J connectivity index is 2.21. The molecule has 0 radical (unpaired) electrons. The Morgan fingerprint density at radius 3 is 2.63 bits per heavy atom. The number of piperazine rings is 1. The van der Waals surface area contributed by atoms with E-state index in [1.54, 1.807) is 12.1 Å². The van der Waals surface area contributed by atoms with E-state index in [0.29, 0.717) is 12.6 Å². The lowest BCUT2D eigenvalue weighted by Crippen LogP contribution is -2.63. The molecule has 0 bridgehead atoms. The molecule has 1 fully saturated rings. The van der Waals surface area contributed by atoms with Gasteiger partial charge in [0.05, 0.1) is 0 Å². The third-order valence-electron chi connectivity index (χ3n) is 4.58. The monoisotopic (exact) mass is 264 g/mol. The van der Waals surface area contributed by atoms with Crippen LogP contribution in [0.15, 0.2) is 24.3 Å². The minimum absolute atomic E-state index is 0.0882. The molecule has 3 heteroatoms. The summed E-state index contributed by atoms with van der Waals surface area (Å²) in [5.74, 6) is -0.0882. The van der Waals surface area contributed by atoms with Gasteiger partial charge in [-0.05, 0) is 25.8 Å². The Morgan fingerprint density at radius 2 is 2.00 bits per heavy atom. The summed E-state index contributed by atoms with van der Waals surface area (Å²) in [6.07, 6.45) is 2.19. The second kappa shape index (κ2) is 6.02. The van der Waals surface area contributed by atoms with Crippen LogP contribution >= 0.6 is 0 Å². The maximum atomic E-state index is 13.9. The molecule has 1 aliphatic rings. The van der Waals surface area contributed by atoms with Crippen molar-refractivity contribution in [3.63, 3.8) is 0 Å². The molecule has 1 unspecified atom stereocenters. The third-order valence-corrected chi connectivity index (χ3v) is 4.58. The first kappa shape index (κ1) is 14.5. The van der Waals surface area contributed by atoms with E-state index in [4.69, 9.17) is 0 Å². The predicted molar refractivity (Wildman–Crippen MR) is 77.6 cm³/mol. The highest BCUT2D eigenvalue weighted by atomic mass is 19.1. The maximum Gasteiger partial charge on any atom is 0.127 e. The normalized spacial score (nSPS) is 23.5. The van der Waals surface area contributed by atoms with Gasteiger partial charge in [0.15, 0.2) is 0 Å². The van der Waals surface area contributed by atoms with Crippen LogP contribution in [0.2, 0.25) is 0 Å². The molecule has 1 aromatic rings. The van der Waals surface area contributed by atoms with Crippen LogP contribution in [-0.2, 0) is 6.54 Å². The number of rotatable bonds is 4. The summed E-state index contributed by atoms with van der Waals surface area (Å²) in [7, 11) is 0. The first-order chi connectivity index (χ1) is 9.11. The van der Waals surface area contributed by atoms with E-state index in [2.05, 4.69) is 31.0 Å². The molecular weight excluding hydrogens is 239 g/mol. The van der Waals surface area contributed by atoms with Crippen molar-refractivity contribution >= 4 is 0 Å². The Hall–Kier alpha value is -0.930. The summed E-state index contributed by atoms with van der Waals surface area (Å²) in [5, 5.41) is 3.57. The van der Waals surface area contributed by atoms with E-state index < -0.39 is 0 Å². The first-order valence-electron chi connectivity index (χ1n) is 7.33. The molecule has 106 valence electrons. The van der Waals surface area contributed by atoms with Gasteiger partial charge in [-0.3, -0.25) is 4.90 Å². The lowest BCUT2D eigenvalue weighted by Gasteiger charge is -2.49. The molecule has 0 aromatic heterocycles. The highest BCUT2D eigenvalue weighted by Crippen LogP contribution is 2.29. The fourth-order valence-corrected chi connectivity index (χ4v) is 3.08. The van der Waals surface area contributed by atoms with Crippen molar-refractivity contribution in [1.29, 1.82) is 0 Å². The van der Waals surface area contributed by atoms with Crippen LogP contribution < -0.4 is 5.32 Å². The fraction of sp³-hybridized carbons (Fsp3) is 0.625. The van der Waals surface area contributed by atoms with Gasteiger partial charge >= 0.3 is 0 Å². The average molecular weight is 264 g/mol. The summed E-state index contributed by atoms with van der Waals surface area (Å²) >= 11 is 0. The molecule has 0 spiro atoms. The highest BCUT2D eigenvalue weighted by Gasteiger charge is 2.37. The van der Waals surface area contributed by atoms with Crippen LogP contribution in [0.1, 0.15) is 39.2 Å². The summed E-state index contributed by atoms with van der Waals surface area (Å²) < 4.78 is 13.9. The van der Waals surface area contributed by atoms with Gasteiger partial charge in [-0.1, -0.05) is 32.0 Å². The molecule has 19 heavy (non-hydrogen) atoms. The van der Waals surface area contributed by atoms with Crippen molar-refractivity contribution in [2.75, 3.05) is 13.1 Å². The Bertz CT molecular complexity index is 415. The summed E-state index contributed by atoms with van der Waals surface area (Å²) in [6.45, 7) is 9.35. The van der Waals surface area contributed by atoms with Crippen LogP contribution in [0, 0.1) is 5.82 Å². The second-order valence-corrected chi connectivity index (χ2v) is 5.69. The zero-order valence-electron chi connectivity index (χ0n) is 12.2. The molecule has 0 aliphatic carbocycles. The average Bonchev–Trinajstić information content (AvgIpc) is 2.42. The van der Waals surface area contributed by atoms with E-state index in [1.807, 2.05) is 12.1 Å². The van der Waals surface area contributed by atoms with E-state index in [-0.39, 0.29) is 11.4 Å². The van der Waals surface area contributed by atoms with Crippen LogP contribution in [0.25, 0.3) is 0 Å². The van der Waals surface area contributed by atoms with Crippen molar-refractivity contribution < 1.29 is 4.39 Å². The fourth-order valence-electron chi connectivity index (χ4n) is 3.08. The van der Waals surface area contributed by atoms with E-state index in [0.717, 1.165) is 31.5 Å². The van der Waals surface area contributed by atoms with Crippen molar-refractivity contribution in [2.24, 2.45) is 0 Å². The predicted octanol–water partition coefficient (Wildman–Crippen LogP) is 3.18. The largest absolute Gasteiger partial charge is 0.311 e. The van der Waals surface area contributed by atoms with E-state index >= 15 is 0 Å². The van der Waals surface area contributed by atoms with E-state index in [1.165, 1.54) is 0 Å². The van der Waals surface area contributed by atoms with Gasteiger partial charge in [-0.2, -0.15) is 0 Å². The maximum absolute atomic E-state index is 13.9. The number of halogens is 1. The first-order valence-corrected chi connectivity index (χ1v) is 7.33. The Labute approximate surface area is 116 Å². The SMILES string of the molecule is CCC1(CC)CNC(C)CN1Cc1ccccc1F. The molecule has 1 saturated heterocycles. The quantitative estimate of drug-likeness (QED) is 0.898. The molecule has 1 heterocycles. The topological polar surface area (TPSA) is 15.3 Å². The van der Waals surface area contributed by atoms with Crippen molar-refractivity contribution in [1.82, 2.24) is 10.2 Å². The smallest absolute Gasteiger partial charge is 0.127 e. The van der Waals surface area contributed by atoms with Crippen molar-refractivity contribution in [3.8, 4) is 0 Å². The van der Waals surface area contributed by atoms with Crippen molar-refractivity contribution in [2.45, 2.75) is 51.7 Å². The summed E-state index contributed by atoms with van der Waals surface area (Å²) in [4.78, 5) is 2.46. The molecule has 1 atom stereocenters. The van der Waals surface area contributed by atoms with E-state index in [9.17, 15) is 4.39 Å². The van der Waals surface area contributed by atoms with Gasteiger partial charge in [0, 0.05) is 36.8 Å². The number of hydrogen-bond donors (Lipinski definition) is 1. The van der Waals surface area contributed by atoms with Crippen LogP contribution in [0.4, 0.5) is 4.39 Å². The second-order valence-electron chi connectivity index (χ2n) is 5.69. The van der Waals surface area contributed by atoms with Gasteiger partial charge in [-0.15, -0.1) is 0 Å². The molecule has 1 aromatic carbocycles. The number of nitrogens with zero attached hydrogens (tertiary/aromatic N) is 1. The molecule has 0 amide bonds. The Kier molecular flexibility index (Phi) is 4.58. The minimum atomic E-state index is -0.0882. The standard InChI is InChI=1S/C16H25FN2/c1-4-16(5-2)12-18-13(3)10-19(16)11-14-8-6-7-9-15(14)17/h6-9,13,18H,4-5,10-12H2,1-3H3. The number of benzene rings is 1.